The van der Waals surface area contributed by atoms with E-state index in [1.165, 1.54) is 0 Å². The Morgan fingerprint density at radius 3 is 2.78 bits per heavy atom. The average Bonchev–Trinajstić information content (AvgIpc) is 2.34. The van der Waals surface area contributed by atoms with E-state index in [2.05, 4.69) is 12.1 Å². The zero-order chi connectivity index (χ0) is 6.69. The van der Waals surface area contributed by atoms with Crippen LogP contribution in [-0.2, 0) is 4.74 Å². The topological polar surface area (TPSA) is 29.5 Å². The summed E-state index contributed by atoms with van der Waals surface area (Å²) in [6, 6.07) is 0.108. The monoisotopic (exact) mass is 144 g/mol. The Kier molecular flexibility index (Phi) is 2.76. The van der Waals surface area contributed by atoms with Gasteiger partial charge in [-0.2, -0.15) is 0 Å². The molecule has 4 heteroatoms. The molecule has 1 N–H and O–H groups in total. The molecule has 0 aliphatic carbocycles. The number of hydrogen-bond donors (Lipinski definition) is 1. The molecular weight excluding hydrogens is 135 g/mol. The van der Waals surface area contributed by atoms with Crippen molar-refractivity contribution in [1.82, 2.24) is 0 Å². The molecule has 1 aliphatic rings. The van der Waals surface area contributed by atoms with Gasteiger partial charge in [0.25, 0.3) is 0 Å². The molecule has 0 bridgehead atoms. The molecule has 1 saturated heterocycles. The predicted octanol–water partition coefficient (Wildman–Crippen LogP) is 0.300. The molecule has 2 nitrogen and oxygen atoms in total. The maximum absolute atomic E-state index is 8.61. The van der Waals surface area contributed by atoms with Crippen molar-refractivity contribution in [3.05, 3.63) is 0 Å². The Morgan fingerprint density at radius 1 is 1.67 bits per heavy atom. The Bertz CT molecular complexity index is 109. The van der Waals surface area contributed by atoms with Crippen LogP contribution in [-0.4, -0.2) is 30.0 Å². The molecule has 0 radical (unpaired) electrons. The number of aliphatic hydroxyl groups is 1. The average molecular weight is 144 g/mol. The first-order chi connectivity index (χ1) is 4.36. The second kappa shape index (κ2) is 3.39. The number of ether oxygens (including phenoxy) is 1. The van der Waals surface area contributed by atoms with Crippen LogP contribution in [0.4, 0.5) is 0 Å². The SMILES string of the molecule is OCC1CCC(B=S)O1. The molecule has 0 aromatic rings. The van der Waals surface area contributed by atoms with Crippen LogP contribution in [0, 0.1) is 0 Å². The van der Waals surface area contributed by atoms with Gasteiger partial charge in [0, 0.05) is 0 Å². The van der Waals surface area contributed by atoms with E-state index < -0.39 is 0 Å². The van der Waals surface area contributed by atoms with Gasteiger partial charge in [0.15, 0.2) is 0 Å². The van der Waals surface area contributed by atoms with E-state index in [1.807, 2.05) is 0 Å². The second-order valence-corrected chi connectivity index (χ2v) is 2.46. The molecule has 2 atom stereocenters. The van der Waals surface area contributed by atoms with Crippen molar-refractivity contribution in [3.63, 3.8) is 0 Å². The normalized spacial score (nSPS) is 34.3. The van der Waals surface area contributed by atoms with Gasteiger partial charge in [0.1, 0.15) is 0 Å². The van der Waals surface area contributed by atoms with E-state index >= 15 is 0 Å². The van der Waals surface area contributed by atoms with E-state index in [4.69, 9.17) is 9.84 Å². The number of hydrogen-bond acceptors (Lipinski definition) is 3. The van der Waals surface area contributed by atoms with Crippen LogP contribution in [0.2, 0.25) is 0 Å². The van der Waals surface area contributed by atoms with Crippen LogP contribution in [0.15, 0.2) is 0 Å². The van der Waals surface area contributed by atoms with Crippen molar-refractivity contribution in [1.29, 1.82) is 0 Å². The molecule has 1 fully saturated rings. The first-order valence-corrected chi connectivity index (χ1v) is 3.55. The van der Waals surface area contributed by atoms with E-state index in [0.29, 0.717) is 0 Å². The van der Waals surface area contributed by atoms with Crippen LogP contribution < -0.4 is 0 Å². The summed E-state index contributed by atoms with van der Waals surface area (Å²) >= 11 is 4.68. The first-order valence-electron chi connectivity index (χ1n) is 3.08. The summed E-state index contributed by atoms with van der Waals surface area (Å²) in [4.78, 5) is 0. The minimum atomic E-state index is 0.0363. The summed E-state index contributed by atoms with van der Waals surface area (Å²) in [5.41, 5.74) is 0. The Labute approximate surface area is 60.3 Å². The van der Waals surface area contributed by atoms with Gasteiger partial charge in [-0.15, -0.1) is 0 Å². The fourth-order valence-corrected chi connectivity index (χ4v) is 1.17. The molecule has 50 valence electrons. The minimum absolute atomic E-state index is 0.0363. The Balaban J connectivity index is 2.28. The standard InChI is InChI=1S/C5H9BO2S/c7-3-4-1-2-5(6-9)8-4/h4-5,7H,1-3H2. The molecule has 1 rings (SSSR count). The molecule has 0 amide bonds. The van der Waals surface area contributed by atoms with Crippen LogP contribution >= 0.6 is 12.1 Å². The van der Waals surface area contributed by atoms with Crippen molar-refractivity contribution in [2.24, 2.45) is 0 Å². The summed E-state index contributed by atoms with van der Waals surface area (Å²) < 4.78 is 5.25. The molecule has 1 aliphatic heterocycles. The fraction of sp³-hybridized carbons (Fsp3) is 1.00. The van der Waals surface area contributed by atoms with E-state index in [0.717, 1.165) is 12.8 Å². The third kappa shape index (κ3) is 1.81. The van der Waals surface area contributed by atoms with Crippen molar-refractivity contribution < 1.29 is 9.84 Å². The van der Waals surface area contributed by atoms with E-state index in [9.17, 15) is 0 Å². The van der Waals surface area contributed by atoms with Gasteiger partial charge < -0.3 is 0 Å². The summed E-state index contributed by atoms with van der Waals surface area (Å²) in [5, 5.41) is 8.61. The van der Waals surface area contributed by atoms with Crippen molar-refractivity contribution in [2.45, 2.75) is 24.9 Å². The molecule has 2 unspecified atom stereocenters. The predicted molar refractivity (Wildman–Crippen MR) is 38.3 cm³/mol. The van der Waals surface area contributed by atoms with E-state index in [1.54, 1.807) is 6.15 Å². The quantitative estimate of drug-likeness (QED) is 0.565. The maximum atomic E-state index is 8.61. The third-order valence-electron chi connectivity index (χ3n) is 1.50. The van der Waals surface area contributed by atoms with Gasteiger partial charge in [-0.25, -0.2) is 0 Å². The molecule has 0 aromatic carbocycles. The Morgan fingerprint density at radius 2 is 2.44 bits per heavy atom. The van der Waals surface area contributed by atoms with Crippen LogP contribution in [0.25, 0.3) is 0 Å². The number of rotatable bonds is 2. The molecule has 9 heavy (non-hydrogen) atoms. The summed E-state index contributed by atoms with van der Waals surface area (Å²) in [6.07, 6.45) is 3.56. The van der Waals surface area contributed by atoms with Crippen molar-refractivity contribution >= 4 is 18.2 Å². The molecule has 1 heterocycles. The van der Waals surface area contributed by atoms with Gasteiger partial charge in [0.05, 0.1) is 0 Å². The second-order valence-electron chi connectivity index (χ2n) is 2.19. The zero-order valence-corrected chi connectivity index (χ0v) is 5.93. The molecule has 0 aromatic heterocycles. The van der Waals surface area contributed by atoms with E-state index in [-0.39, 0.29) is 18.7 Å². The van der Waals surface area contributed by atoms with Crippen LogP contribution in [0.1, 0.15) is 12.8 Å². The molecular formula is C5H9BO2S. The third-order valence-corrected chi connectivity index (χ3v) is 1.80. The zero-order valence-electron chi connectivity index (χ0n) is 5.12. The van der Waals surface area contributed by atoms with Gasteiger partial charge in [-0.1, -0.05) is 0 Å². The van der Waals surface area contributed by atoms with Crippen LogP contribution in [0.5, 0.6) is 0 Å². The fourth-order valence-electron chi connectivity index (χ4n) is 0.968. The Hall–Kier alpha value is 0.205. The summed E-state index contributed by atoms with van der Waals surface area (Å²) in [6.45, 7) is 0.125. The summed E-state index contributed by atoms with van der Waals surface area (Å²) in [5.74, 6) is 0. The first kappa shape index (κ1) is 7.31. The van der Waals surface area contributed by atoms with Gasteiger partial charge in [0.2, 0.25) is 0 Å². The van der Waals surface area contributed by atoms with Gasteiger partial charge in [-0.05, 0) is 0 Å². The summed E-state index contributed by atoms with van der Waals surface area (Å²) in [7, 11) is 0. The van der Waals surface area contributed by atoms with Gasteiger partial charge >= 0.3 is 59.6 Å². The molecule has 0 spiro atoms. The molecule has 0 saturated carbocycles. The number of aliphatic hydroxyl groups excluding tert-OH is 1. The van der Waals surface area contributed by atoms with Crippen molar-refractivity contribution in [3.8, 4) is 0 Å². The van der Waals surface area contributed by atoms with Crippen molar-refractivity contribution in [2.75, 3.05) is 6.61 Å². The van der Waals surface area contributed by atoms with Crippen LogP contribution in [0.3, 0.4) is 0 Å². The van der Waals surface area contributed by atoms with Gasteiger partial charge in [-0.3, -0.25) is 0 Å².